The Balaban J connectivity index is 0.000000237. The molecular weight excluding hydrogens is 1330 g/mol. The summed E-state index contributed by atoms with van der Waals surface area (Å²) in [5.74, 6) is -14.0. The fraction of sp³-hybridized carbons (Fsp3) is 0.697. The Hall–Kier alpha value is -7.96. The van der Waals surface area contributed by atoms with Gasteiger partial charge in [0.1, 0.15) is 52.9 Å². The first kappa shape index (κ1) is 80.7. The number of rotatable bonds is 28. The van der Waals surface area contributed by atoms with E-state index in [1.165, 1.54) is 13.8 Å². The van der Waals surface area contributed by atoms with Gasteiger partial charge in [-0.15, -0.1) is 0 Å². The van der Waals surface area contributed by atoms with Gasteiger partial charge in [0.05, 0.1) is 22.7 Å². The van der Waals surface area contributed by atoms with E-state index < -0.39 is 172 Å². The molecule has 0 amide bonds. The van der Waals surface area contributed by atoms with Crippen molar-refractivity contribution < 1.29 is 150 Å². The van der Waals surface area contributed by atoms with E-state index in [0.29, 0.717) is 99.7 Å². The van der Waals surface area contributed by atoms with Gasteiger partial charge in [-0.2, -0.15) is 35.1 Å². The van der Waals surface area contributed by atoms with Crippen molar-refractivity contribution in [1.29, 1.82) is 0 Å². The van der Waals surface area contributed by atoms with Crippen molar-refractivity contribution in [2.45, 2.75) is 180 Å². The molecule has 0 saturated heterocycles. The van der Waals surface area contributed by atoms with Crippen LogP contribution in [-0.4, -0.2) is 149 Å². The van der Waals surface area contributed by atoms with E-state index in [1.54, 1.807) is 0 Å². The molecule has 98 heavy (non-hydrogen) atoms. The lowest BCUT2D eigenvalue weighted by atomic mass is 9.49. The smallest absolute Gasteiger partial charge is 0.459 e. The number of carbonyl (C=O) groups excluding carboxylic acids is 12. The van der Waals surface area contributed by atoms with Gasteiger partial charge < -0.3 is 56.8 Å². The molecule has 10 saturated carbocycles. The van der Waals surface area contributed by atoms with Gasteiger partial charge in [-0.1, -0.05) is 64.8 Å². The summed E-state index contributed by atoms with van der Waals surface area (Å²) >= 11 is 0. The Morgan fingerprint density at radius 1 is 0.357 bits per heavy atom. The fourth-order valence-corrected chi connectivity index (χ4v) is 14.2. The third kappa shape index (κ3) is 24.2. The molecule has 10 aliphatic rings. The van der Waals surface area contributed by atoms with Crippen LogP contribution in [0.25, 0.3) is 0 Å². The number of carbonyl (C=O) groups is 12. The topological polar surface area (TPSA) is 316 Å². The normalized spacial score (nSPS) is 24.3. The molecule has 0 radical (unpaired) electrons. The minimum Gasteiger partial charge on any atom is -0.459 e. The first-order valence-corrected chi connectivity index (χ1v) is 32.3. The molecule has 0 aromatic carbocycles. The Kier molecular flexibility index (Phi) is 29.8. The lowest BCUT2D eigenvalue weighted by Crippen LogP contribution is -2.52. The monoisotopic (exact) mass is 1410 g/mol. The summed E-state index contributed by atoms with van der Waals surface area (Å²) in [5, 5.41) is 0. The predicted octanol–water partition coefficient (Wildman–Crippen LogP) is 9.95. The van der Waals surface area contributed by atoms with E-state index in [0.717, 1.165) is 89.2 Å². The molecule has 0 aromatic heterocycles. The number of hydrogen-bond acceptors (Lipinski definition) is 24. The number of ether oxygens (including phenoxy) is 12. The van der Waals surface area contributed by atoms with Crippen molar-refractivity contribution in [2.24, 2.45) is 58.2 Å². The van der Waals surface area contributed by atoms with Gasteiger partial charge in [0, 0.05) is 23.3 Å². The molecule has 8 bridgehead atoms. The number of hydrogen-bond donors (Lipinski definition) is 0. The summed E-state index contributed by atoms with van der Waals surface area (Å²) < 4.78 is 162. The summed E-state index contributed by atoms with van der Waals surface area (Å²) in [7, 11) is 0. The standard InChI is InChI=1S/C19H24F2O6.C18H22F2O6.C15H20F2O6.C14H18F2O6/c1-11(2)15(22)25-3-4-26-17(24)19(20,21)27-16(23)18-8-12-5-13(9-18)7-14(6-12)10-18;1-2-14(21)24-3-4-25-16(23)18(19,20)26-15(22)17-8-11-5-12(9-17)7-13(6-11)10-17;1-10(2)12(18)21-8-9-22-14(20)15(16,17)23-13(19)11-6-4-3-5-7-11;1-2-11(17)20-8-9-21-13(19)14(15,16)22-12(18)10-6-4-3-5-7-10/h12-14H,1,3-10H2,2H3;2,11-13H,1,3-10H2;11H,1,3-9H2,2H3;2,10H,1,3-9H2. The van der Waals surface area contributed by atoms with Gasteiger partial charge >= 0.3 is 96.1 Å². The maximum Gasteiger partial charge on any atom is 0.504 e. The third-order valence-corrected chi connectivity index (χ3v) is 17.9. The maximum atomic E-state index is 14.0. The van der Waals surface area contributed by atoms with Crippen LogP contribution in [0.4, 0.5) is 35.1 Å². The fourth-order valence-electron chi connectivity index (χ4n) is 14.2. The average Bonchev–Trinajstić information content (AvgIpc) is 0.747. The lowest BCUT2D eigenvalue weighted by molar-refractivity contribution is -0.255. The van der Waals surface area contributed by atoms with Crippen molar-refractivity contribution in [2.75, 3.05) is 52.9 Å². The molecule has 0 N–H and O–H groups in total. The molecule has 24 nitrogen and oxygen atoms in total. The molecule has 0 spiro atoms. The van der Waals surface area contributed by atoms with E-state index in [-0.39, 0.29) is 11.1 Å². The molecule has 0 aromatic rings. The third-order valence-electron chi connectivity index (χ3n) is 17.9. The van der Waals surface area contributed by atoms with E-state index >= 15 is 0 Å². The average molecular weight is 1410 g/mol. The molecule has 10 rings (SSSR count). The highest BCUT2D eigenvalue weighted by atomic mass is 19.3. The summed E-state index contributed by atoms with van der Waals surface area (Å²) in [6, 6.07) is 0. The largest absolute Gasteiger partial charge is 0.504 e. The van der Waals surface area contributed by atoms with Crippen LogP contribution in [0.1, 0.15) is 155 Å². The molecular formula is C66H84F8O24. The van der Waals surface area contributed by atoms with Crippen LogP contribution < -0.4 is 0 Å². The Morgan fingerprint density at radius 2 is 0.582 bits per heavy atom. The van der Waals surface area contributed by atoms with Gasteiger partial charge in [-0.3, -0.25) is 19.2 Å². The lowest BCUT2D eigenvalue weighted by Gasteiger charge is -2.55. The second-order valence-electron chi connectivity index (χ2n) is 25.9. The Labute approximate surface area is 559 Å². The second kappa shape index (κ2) is 36.2. The van der Waals surface area contributed by atoms with Crippen molar-refractivity contribution in [3.05, 3.63) is 49.6 Å². The van der Waals surface area contributed by atoms with E-state index in [9.17, 15) is 92.7 Å². The zero-order chi connectivity index (χ0) is 72.8. The van der Waals surface area contributed by atoms with Crippen LogP contribution in [0.5, 0.6) is 0 Å². The van der Waals surface area contributed by atoms with Gasteiger partial charge in [-0.25, -0.2) is 38.4 Å². The van der Waals surface area contributed by atoms with Crippen molar-refractivity contribution in [1.82, 2.24) is 0 Å². The van der Waals surface area contributed by atoms with Crippen LogP contribution in [0, 0.1) is 58.2 Å². The summed E-state index contributed by atoms with van der Waals surface area (Å²) in [6.45, 7) is 11.9. The van der Waals surface area contributed by atoms with Crippen LogP contribution in [-0.2, 0) is 114 Å². The molecule has 0 aliphatic heterocycles. The predicted molar refractivity (Wildman–Crippen MR) is 316 cm³/mol. The van der Waals surface area contributed by atoms with Gasteiger partial charge in [0.15, 0.2) is 0 Å². The number of halogens is 8. The first-order chi connectivity index (χ1) is 45.9. The quantitative estimate of drug-likeness (QED) is 0.0231. The SMILES string of the molecule is C=C(C)C(=O)OCCOC(=O)C(F)(F)OC(=O)C12CC3CC(CC(C3)C1)C2.C=C(C)C(=O)OCCOC(=O)C(F)(F)OC(=O)C1CCCCC1.C=CC(=O)OCCOC(=O)C(F)(F)OC(=O)C12CC3CC(CC(C3)C1)C2.C=CC(=O)OCCOC(=O)C(F)(F)OC(=O)C1CCCCC1. The van der Waals surface area contributed by atoms with E-state index in [1.807, 2.05) is 0 Å². The van der Waals surface area contributed by atoms with Crippen molar-refractivity contribution in [3.8, 4) is 0 Å². The van der Waals surface area contributed by atoms with Crippen LogP contribution in [0.2, 0.25) is 0 Å². The van der Waals surface area contributed by atoms with Crippen LogP contribution >= 0.6 is 0 Å². The van der Waals surface area contributed by atoms with Crippen molar-refractivity contribution >= 4 is 71.6 Å². The number of esters is 12. The summed E-state index contributed by atoms with van der Waals surface area (Å²) in [6.07, 6.45) is 0.842. The zero-order valence-corrected chi connectivity index (χ0v) is 54.6. The van der Waals surface area contributed by atoms with E-state index in [4.69, 9.17) is 0 Å². The molecule has 0 heterocycles. The minimum absolute atomic E-state index is 0.128. The van der Waals surface area contributed by atoms with E-state index in [2.05, 4.69) is 83.2 Å². The summed E-state index contributed by atoms with van der Waals surface area (Å²) in [4.78, 5) is 137. The first-order valence-electron chi connectivity index (χ1n) is 32.3. The highest BCUT2D eigenvalue weighted by Gasteiger charge is 2.61. The van der Waals surface area contributed by atoms with Crippen molar-refractivity contribution in [3.63, 3.8) is 0 Å². The molecule has 0 atom stereocenters. The molecule has 32 heteroatoms. The Morgan fingerprint density at radius 3 is 0.816 bits per heavy atom. The minimum atomic E-state index is -4.36. The van der Waals surface area contributed by atoms with Gasteiger partial charge in [0.25, 0.3) is 0 Å². The van der Waals surface area contributed by atoms with Crippen LogP contribution in [0.15, 0.2) is 49.6 Å². The summed E-state index contributed by atoms with van der Waals surface area (Å²) in [5.41, 5.74) is -1.52. The Bertz CT molecular complexity index is 2860. The maximum absolute atomic E-state index is 14.0. The molecule has 10 fully saturated rings. The van der Waals surface area contributed by atoms with Gasteiger partial charge in [-0.05, 0) is 152 Å². The van der Waals surface area contributed by atoms with Crippen LogP contribution in [0.3, 0.4) is 0 Å². The number of alkyl halides is 8. The molecule has 10 aliphatic carbocycles. The highest BCUT2D eigenvalue weighted by Crippen LogP contribution is 2.62. The highest BCUT2D eigenvalue weighted by molar-refractivity contribution is 5.88. The molecule has 548 valence electrons. The zero-order valence-electron chi connectivity index (χ0n) is 54.6. The molecule has 0 unspecified atom stereocenters. The van der Waals surface area contributed by atoms with Gasteiger partial charge in [0.2, 0.25) is 0 Å². The second-order valence-corrected chi connectivity index (χ2v) is 25.9.